The zero-order chi connectivity index (χ0) is 31.3. The third-order valence-electron chi connectivity index (χ3n) is 6.31. The first kappa shape index (κ1) is 33.9. The van der Waals surface area contributed by atoms with Crippen LogP contribution in [-0.2, 0) is 30.3 Å². The molecule has 10 heteroatoms. The number of phenols is 1. The fourth-order valence-electron chi connectivity index (χ4n) is 4.27. The number of hydrogen-bond donors (Lipinski definition) is 3. The minimum atomic E-state index is -1.12. The molecule has 2 atom stereocenters. The highest BCUT2D eigenvalue weighted by atomic mass is 16.6. The zero-order valence-corrected chi connectivity index (χ0v) is 25.1. The van der Waals surface area contributed by atoms with Crippen LogP contribution < -0.4 is 10.6 Å². The minimum Gasteiger partial charge on any atom is -0.508 e. The molecule has 0 spiro atoms. The van der Waals surface area contributed by atoms with Crippen molar-refractivity contribution in [2.75, 3.05) is 20.2 Å². The van der Waals surface area contributed by atoms with Crippen molar-refractivity contribution in [2.24, 2.45) is 0 Å². The molecule has 2 rings (SSSR count). The Morgan fingerprint density at radius 3 is 2.36 bits per heavy atom. The maximum Gasteiger partial charge on any atom is 0.408 e. The fourth-order valence-corrected chi connectivity index (χ4v) is 4.27. The van der Waals surface area contributed by atoms with Crippen LogP contribution >= 0.6 is 0 Å². The highest BCUT2D eigenvalue weighted by molar-refractivity contribution is 5.93. The number of benzene rings is 2. The fraction of sp³-hybridized carbons (Fsp3) is 0.438. The molecule has 3 N–H and O–H groups in total. The highest BCUT2D eigenvalue weighted by Crippen LogP contribution is 2.26. The van der Waals surface area contributed by atoms with E-state index in [1.807, 2.05) is 13.0 Å². The number of amides is 3. The van der Waals surface area contributed by atoms with Gasteiger partial charge in [-0.05, 0) is 62.1 Å². The van der Waals surface area contributed by atoms with E-state index >= 15 is 0 Å². The number of hydrogen-bond acceptors (Lipinski definition) is 7. The van der Waals surface area contributed by atoms with E-state index < -0.39 is 41.6 Å². The molecule has 0 aliphatic heterocycles. The highest BCUT2D eigenvalue weighted by Gasteiger charge is 2.36. The van der Waals surface area contributed by atoms with Crippen LogP contribution in [-0.4, -0.2) is 65.7 Å². The molecule has 2 aromatic rings. The maximum absolute atomic E-state index is 14.4. The normalized spacial score (nSPS) is 12.4. The lowest BCUT2D eigenvalue weighted by Gasteiger charge is -2.34. The summed E-state index contributed by atoms with van der Waals surface area (Å²) in [5.41, 5.74) is 1.13. The lowest BCUT2D eigenvalue weighted by Crippen LogP contribution is -2.54. The van der Waals surface area contributed by atoms with Gasteiger partial charge in [0.05, 0.1) is 7.11 Å². The summed E-state index contributed by atoms with van der Waals surface area (Å²) in [6, 6.07) is 11.1. The summed E-state index contributed by atoms with van der Waals surface area (Å²) in [6.45, 7) is 10.8. The predicted octanol–water partition coefficient (Wildman–Crippen LogP) is 4.52. The summed E-state index contributed by atoms with van der Waals surface area (Å²) in [5, 5.41) is 15.0. The van der Waals surface area contributed by atoms with Crippen molar-refractivity contribution in [1.82, 2.24) is 15.5 Å². The van der Waals surface area contributed by atoms with Gasteiger partial charge in [-0.15, -0.1) is 0 Å². The first-order valence-electron chi connectivity index (χ1n) is 14.0. The first-order valence-corrected chi connectivity index (χ1v) is 14.0. The van der Waals surface area contributed by atoms with Crippen molar-refractivity contribution in [1.29, 1.82) is 0 Å². The summed E-state index contributed by atoms with van der Waals surface area (Å²) in [7, 11) is 1.22. The van der Waals surface area contributed by atoms with Gasteiger partial charge in [0, 0.05) is 13.0 Å². The van der Waals surface area contributed by atoms with E-state index in [0.717, 1.165) is 18.4 Å². The van der Waals surface area contributed by atoms with Crippen LogP contribution in [0.5, 0.6) is 5.75 Å². The first-order chi connectivity index (χ1) is 19.9. The molecule has 0 saturated heterocycles. The second-order valence-electron chi connectivity index (χ2n) is 10.9. The second kappa shape index (κ2) is 16.2. The number of aromatic hydroxyl groups is 1. The number of rotatable bonds is 14. The number of alkyl carbamates (subject to hydrolysis) is 1. The molecule has 228 valence electrons. The number of ether oxygens (including phenoxy) is 2. The molecule has 0 fully saturated rings. The van der Waals surface area contributed by atoms with E-state index in [2.05, 4.69) is 21.9 Å². The van der Waals surface area contributed by atoms with Gasteiger partial charge in [0.15, 0.2) is 0 Å². The largest absolute Gasteiger partial charge is 0.508 e. The third-order valence-corrected chi connectivity index (χ3v) is 6.31. The average Bonchev–Trinajstić information content (AvgIpc) is 2.94. The Morgan fingerprint density at radius 2 is 1.76 bits per heavy atom. The summed E-state index contributed by atoms with van der Waals surface area (Å²) in [5.74, 6) is -1.66. The molecular formula is C32H43N3O7. The van der Waals surface area contributed by atoms with Crippen molar-refractivity contribution < 1.29 is 33.8 Å². The van der Waals surface area contributed by atoms with Gasteiger partial charge < -0.3 is 30.1 Å². The lowest BCUT2D eigenvalue weighted by atomic mass is 9.98. The summed E-state index contributed by atoms with van der Waals surface area (Å²) in [4.78, 5) is 54.3. The van der Waals surface area contributed by atoms with E-state index in [-0.39, 0.29) is 25.3 Å². The third kappa shape index (κ3) is 10.9. The smallest absolute Gasteiger partial charge is 0.408 e. The standard InChI is InChI=1S/C32H43N3O7/c1-7-9-10-18-35(28(29(38)33-21-27(37)41-6)24-13-11-12-22(8-2)19-24)30(39)26(34-31(40)42-32(3,4)5)20-23-14-16-25(36)17-15-23/h8,11-17,19,26,28,36H,2,7,9-10,18,20-21H2,1,3-6H3,(H,33,38)(H,34,40). The number of methoxy groups -OCH3 is 1. The monoisotopic (exact) mass is 581 g/mol. The number of nitrogens with one attached hydrogen (secondary N) is 2. The number of carbonyl (C=O) groups excluding carboxylic acids is 4. The van der Waals surface area contributed by atoms with Gasteiger partial charge in [-0.1, -0.05) is 62.8 Å². The maximum atomic E-state index is 14.4. The molecule has 0 aromatic heterocycles. The van der Waals surface area contributed by atoms with Crippen LogP contribution in [0.1, 0.15) is 69.7 Å². The molecule has 0 saturated carbocycles. The van der Waals surface area contributed by atoms with Gasteiger partial charge >= 0.3 is 12.1 Å². The molecule has 0 aliphatic rings. The second-order valence-corrected chi connectivity index (χ2v) is 10.9. The molecule has 0 heterocycles. The average molecular weight is 582 g/mol. The van der Waals surface area contributed by atoms with Gasteiger partial charge in [0.1, 0.15) is 30.0 Å². The van der Waals surface area contributed by atoms with Crippen LogP contribution in [0.4, 0.5) is 4.79 Å². The van der Waals surface area contributed by atoms with Crippen molar-refractivity contribution in [3.63, 3.8) is 0 Å². The number of carbonyl (C=O) groups is 4. The van der Waals surface area contributed by atoms with E-state index in [0.29, 0.717) is 17.5 Å². The van der Waals surface area contributed by atoms with Crippen LogP contribution in [0.25, 0.3) is 6.08 Å². The Morgan fingerprint density at radius 1 is 1.07 bits per heavy atom. The molecule has 0 bridgehead atoms. The van der Waals surface area contributed by atoms with E-state index in [4.69, 9.17) is 4.74 Å². The topological polar surface area (TPSA) is 134 Å². The summed E-state index contributed by atoms with van der Waals surface area (Å²) >= 11 is 0. The van der Waals surface area contributed by atoms with Crippen LogP contribution in [0.3, 0.4) is 0 Å². The molecular weight excluding hydrogens is 538 g/mol. The molecule has 3 amide bonds. The molecule has 10 nitrogen and oxygen atoms in total. The molecule has 42 heavy (non-hydrogen) atoms. The SMILES string of the molecule is C=Cc1cccc(C(C(=O)NCC(=O)OC)N(CCCCC)C(=O)C(Cc2ccc(O)cc2)NC(=O)OC(C)(C)C)c1. The minimum absolute atomic E-state index is 0.0624. The molecule has 2 aromatic carbocycles. The van der Waals surface area contributed by atoms with Crippen LogP contribution in [0.2, 0.25) is 0 Å². The van der Waals surface area contributed by atoms with E-state index in [1.165, 1.54) is 24.1 Å². The van der Waals surface area contributed by atoms with Gasteiger partial charge in [-0.25, -0.2) is 4.79 Å². The summed E-state index contributed by atoms with van der Waals surface area (Å²) in [6.07, 6.45) is 3.20. The number of unbranched alkanes of at least 4 members (excludes halogenated alkanes) is 2. The van der Waals surface area contributed by atoms with Gasteiger partial charge in [0.25, 0.3) is 0 Å². The Hall–Kier alpha value is -4.34. The predicted molar refractivity (Wildman–Crippen MR) is 161 cm³/mol. The summed E-state index contributed by atoms with van der Waals surface area (Å²) < 4.78 is 10.1. The van der Waals surface area contributed by atoms with E-state index in [1.54, 1.807) is 57.2 Å². The van der Waals surface area contributed by atoms with Gasteiger partial charge in [0.2, 0.25) is 11.8 Å². The number of nitrogens with zero attached hydrogens (tertiary/aromatic N) is 1. The Labute approximate surface area is 248 Å². The Balaban J connectivity index is 2.59. The van der Waals surface area contributed by atoms with Gasteiger partial charge in [-0.3, -0.25) is 14.4 Å². The number of phenolic OH excluding ortho intramolecular Hbond substituents is 1. The molecule has 0 radical (unpaired) electrons. The van der Waals surface area contributed by atoms with Crippen molar-refractivity contribution >= 4 is 30.0 Å². The van der Waals surface area contributed by atoms with Crippen LogP contribution in [0, 0.1) is 0 Å². The number of esters is 1. The lowest BCUT2D eigenvalue weighted by molar-refractivity contribution is -0.144. The van der Waals surface area contributed by atoms with Crippen molar-refractivity contribution in [2.45, 2.75) is 71.1 Å². The van der Waals surface area contributed by atoms with Crippen molar-refractivity contribution in [3.8, 4) is 5.75 Å². The van der Waals surface area contributed by atoms with Crippen molar-refractivity contribution in [3.05, 3.63) is 71.8 Å². The molecule has 2 unspecified atom stereocenters. The Bertz CT molecular complexity index is 1220. The van der Waals surface area contributed by atoms with Crippen LogP contribution in [0.15, 0.2) is 55.1 Å². The van der Waals surface area contributed by atoms with E-state index in [9.17, 15) is 24.3 Å². The van der Waals surface area contributed by atoms with Gasteiger partial charge in [-0.2, -0.15) is 0 Å². The molecule has 0 aliphatic carbocycles. The quantitative estimate of drug-likeness (QED) is 0.221. The Kier molecular flexibility index (Phi) is 13.1. The zero-order valence-electron chi connectivity index (χ0n) is 25.1.